The number of anilines is 1. The highest BCUT2D eigenvalue weighted by Gasteiger charge is 2.34. The molecule has 3 N–H and O–H groups in total. The Balaban J connectivity index is 2.07. The zero-order valence-electron chi connectivity index (χ0n) is 19.1. The topological polar surface area (TPSA) is 112 Å². The molecule has 0 aliphatic carbocycles. The molecule has 2 amide bonds. The van der Waals surface area contributed by atoms with E-state index in [0.717, 1.165) is 6.08 Å². The summed E-state index contributed by atoms with van der Waals surface area (Å²) in [5.41, 5.74) is 5.61. The Bertz CT molecular complexity index is 1170. The highest BCUT2D eigenvalue weighted by Crippen LogP contribution is 2.30. The zero-order chi connectivity index (χ0) is 25.8. The lowest BCUT2D eigenvalue weighted by molar-refractivity contribution is -0.125. The normalized spacial score (nSPS) is 15.2. The summed E-state index contributed by atoms with van der Waals surface area (Å²) in [5, 5.41) is 6.56. The van der Waals surface area contributed by atoms with E-state index in [2.05, 4.69) is 28.8 Å². The number of aromatic nitrogens is 2. The highest BCUT2D eigenvalue weighted by atomic mass is 19.4. The summed E-state index contributed by atoms with van der Waals surface area (Å²) in [5.74, 6) is 4.98. The van der Waals surface area contributed by atoms with Gasteiger partial charge in [0.2, 0.25) is 5.91 Å². The third kappa shape index (κ3) is 6.06. The van der Waals surface area contributed by atoms with Gasteiger partial charge in [0.25, 0.3) is 5.91 Å². The maximum atomic E-state index is 13.0. The Kier molecular flexibility index (Phi) is 7.58. The van der Waals surface area contributed by atoms with E-state index in [1.54, 1.807) is 18.2 Å². The van der Waals surface area contributed by atoms with Gasteiger partial charge in [0.15, 0.2) is 5.69 Å². The van der Waals surface area contributed by atoms with Crippen LogP contribution in [0.2, 0.25) is 0 Å². The van der Waals surface area contributed by atoms with Gasteiger partial charge in [-0.15, -0.1) is 0 Å². The molecule has 186 valence electrons. The van der Waals surface area contributed by atoms with Crippen molar-refractivity contribution >= 4 is 17.6 Å². The molecule has 0 spiro atoms. The standard InChI is InChI=1S/C23H24F3N5O4/c1-4-19(32)30-8-7-15(12-30)31-22(28-13-23(24,25)26)20(21(27)33)18(29-31)6-5-14-9-16(34-2)11-17(10-14)35-3/h4,9-11,15,28H,1,7-8,12-13H2,2-3H3,(H2,27,33)/t15-/m0/s1. The maximum absolute atomic E-state index is 13.0. The van der Waals surface area contributed by atoms with Crippen molar-refractivity contribution in [3.05, 3.63) is 47.7 Å². The van der Waals surface area contributed by atoms with Crippen molar-refractivity contribution in [2.75, 3.05) is 39.2 Å². The number of nitrogens with one attached hydrogen (secondary N) is 1. The Hall–Kier alpha value is -4.14. The van der Waals surface area contributed by atoms with E-state index in [0.29, 0.717) is 30.0 Å². The second-order valence-corrected chi connectivity index (χ2v) is 7.63. The number of amides is 2. The van der Waals surface area contributed by atoms with Gasteiger partial charge in [-0.25, -0.2) is 4.68 Å². The van der Waals surface area contributed by atoms with Gasteiger partial charge in [-0.2, -0.15) is 18.3 Å². The van der Waals surface area contributed by atoms with Crippen LogP contribution in [-0.2, 0) is 4.79 Å². The van der Waals surface area contributed by atoms with E-state index in [1.807, 2.05) is 0 Å². The van der Waals surface area contributed by atoms with Crippen LogP contribution in [0.1, 0.15) is 34.1 Å². The summed E-state index contributed by atoms with van der Waals surface area (Å²) in [6.07, 6.45) is -3.00. The van der Waals surface area contributed by atoms with Crippen molar-refractivity contribution in [3.8, 4) is 23.3 Å². The lowest BCUT2D eigenvalue weighted by atomic mass is 10.1. The van der Waals surface area contributed by atoms with Crippen LogP contribution in [0.5, 0.6) is 11.5 Å². The lowest BCUT2D eigenvalue weighted by Crippen LogP contribution is -2.28. The van der Waals surface area contributed by atoms with Gasteiger partial charge in [0.05, 0.1) is 20.3 Å². The van der Waals surface area contributed by atoms with Crippen LogP contribution in [0, 0.1) is 11.8 Å². The third-order valence-corrected chi connectivity index (χ3v) is 5.29. The molecular weight excluding hydrogens is 467 g/mol. The Morgan fingerprint density at radius 3 is 2.46 bits per heavy atom. The largest absolute Gasteiger partial charge is 0.497 e. The number of alkyl halides is 3. The number of ether oxygens (including phenoxy) is 2. The highest BCUT2D eigenvalue weighted by molar-refractivity contribution is 6.00. The summed E-state index contributed by atoms with van der Waals surface area (Å²) < 4.78 is 50.6. The van der Waals surface area contributed by atoms with Crippen molar-refractivity contribution in [1.82, 2.24) is 14.7 Å². The second-order valence-electron chi connectivity index (χ2n) is 7.63. The van der Waals surface area contributed by atoms with Crippen LogP contribution in [0.3, 0.4) is 0 Å². The smallest absolute Gasteiger partial charge is 0.405 e. The Labute approximate surface area is 199 Å². The average molecular weight is 491 g/mol. The van der Waals surface area contributed by atoms with Gasteiger partial charge < -0.3 is 25.4 Å². The molecule has 9 nitrogen and oxygen atoms in total. The van der Waals surface area contributed by atoms with Gasteiger partial charge in [0.1, 0.15) is 29.4 Å². The molecule has 1 atom stereocenters. The number of likely N-dealkylation sites (tertiary alicyclic amines) is 1. The quantitative estimate of drug-likeness (QED) is 0.454. The number of primary amides is 1. The summed E-state index contributed by atoms with van der Waals surface area (Å²) in [6, 6.07) is 4.38. The fraction of sp³-hybridized carbons (Fsp3) is 0.348. The van der Waals surface area contributed by atoms with E-state index in [-0.39, 0.29) is 29.5 Å². The second kappa shape index (κ2) is 10.4. The molecule has 12 heteroatoms. The van der Waals surface area contributed by atoms with Gasteiger partial charge in [0, 0.05) is 24.7 Å². The molecule has 3 rings (SSSR count). The molecule has 1 aromatic heterocycles. The van der Waals surface area contributed by atoms with Crippen molar-refractivity contribution in [1.29, 1.82) is 0 Å². The number of carbonyl (C=O) groups is 2. The van der Waals surface area contributed by atoms with Crippen LogP contribution >= 0.6 is 0 Å². The number of methoxy groups -OCH3 is 2. The molecule has 0 unspecified atom stereocenters. The first-order valence-corrected chi connectivity index (χ1v) is 10.5. The summed E-state index contributed by atoms with van der Waals surface area (Å²) in [7, 11) is 2.94. The number of rotatable bonds is 7. The molecule has 35 heavy (non-hydrogen) atoms. The van der Waals surface area contributed by atoms with Crippen molar-refractivity contribution in [2.24, 2.45) is 5.73 Å². The molecule has 0 radical (unpaired) electrons. The first-order valence-electron chi connectivity index (χ1n) is 10.5. The maximum Gasteiger partial charge on any atom is 0.405 e. The van der Waals surface area contributed by atoms with E-state index < -0.39 is 24.7 Å². The van der Waals surface area contributed by atoms with Crippen LogP contribution in [-0.4, -0.2) is 66.5 Å². The van der Waals surface area contributed by atoms with Gasteiger partial charge in [-0.1, -0.05) is 12.5 Å². The third-order valence-electron chi connectivity index (χ3n) is 5.29. The molecular formula is C23H24F3N5O4. The van der Waals surface area contributed by atoms with Crippen LogP contribution in [0.4, 0.5) is 19.0 Å². The number of hydrogen-bond donors (Lipinski definition) is 2. The molecule has 2 heterocycles. The number of carbonyl (C=O) groups excluding carboxylic acids is 2. The number of nitrogens with two attached hydrogens (primary N) is 1. The number of benzene rings is 1. The monoisotopic (exact) mass is 491 g/mol. The van der Waals surface area contributed by atoms with E-state index in [9.17, 15) is 22.8 Å². The predicted octanol–water partition coefficient (Wildman–Crippen LogP) is 2.33. The van der Waals surface area contributed by atoms with E-state index in [4.69, 9.17) is 15.2 Å². The fourth-order valence-electron chi connectivity index (χ4n) is 3.65. The Morgan fingerprint density at radius 1 is 1.26 bits per heavy atom. The molecule has 0 bridgehead atoms. The van der Waals surface area contributed by atoms with Crippen molar-refractivity contribution in [3.63, 3.8) is 0 Å². The van der Waals surface area contributed by atoms with E-state index >= 15 is 0 Å². The summed E-state index contributed by atoms with van der Waals surface area (Å²) in [6.45, 7) is 2.56. The molecule has 0 saturated carbocycles. The van der Waals surface area contributed by atoms with Gasteiger partial charge >= 0.3 is 6.18 Å². The Morgan fingerprint density at radius 2 is 1.91 bits per heavy atom. The fourth-order valence-corrected chi connectivity index (χ4v) is 3.65. The van der Waals surface area contributed by atoms with E-state index in [1.165, 1.54) is 23.8 Å². The average Bonchev–Trinajstić information content (AvgIpc) is 3.45. The molecule has 1 aliphatic heterocycles. The van der Waals surface area contributed by atoms with Gasteiger partial charge in [-0.05, 0) is 30.6 Å². The SMILES string of the molecule is C=CC(=O)N1CC[C@H](n2nc(C#Cc3cc(OC)cc(OC)c3)c(C(N)=O)c2NCC(F)(F)F)C1. The predicted molar refractivity (Wildman–Crippen MR) is 121 cm³/mol. The number of halogens is 3. The first kappa shape index (κ1) is 25.5. The molecule has 1 fully saturated rings. The molecule has 1 saturated heterocycles. The number of nitrogens with zero attached hydrogens (tertiary/aromatic N) is 3. The minimum absolute atomic E-state index is 0.0996. The summed E-state index contributed by atoms with van der Waals surface area (Å²) in [4.78, 5) is 25.8. The molecule has 1 aromatic carbocycles. The first-order chi connectivity index (χ1) is 16.6. The number of hydrogen-bond acceptors (Lipinski definition) is 6. The minimum Gasteiger partial charge on any atom is -0.497 e. The lowest BCUT2D eigenvalue weighted by Gasteiger charge is -2.18. The van der Waals surface area contributed by atoms with Crippen molar-refractivity contribution < 1.29 is 32.2 Å². The summed E-state index contributed by atoms with van der Waals surface area (Å²) >= 11 is 0. The molecule has 1 aliphatic rings. The molecule has 2 aromatic rings. The van der Waals surface area contributed by atoms with Gasteiger partial charge in [-0.3, -0.25) is 9.59 Å². The van der Waals surface area contributed by atoms with Crippen LogP contribution < -0.4 is 20.5 Å². The van der Waals surface area contributed by atoms with Crippen molar-refractivity contribution in [2.45, 2.75) is 18.6 Å². The minimum atomic E-state index is -4.56. The van der Waals surface area contributed by atoms with Crippen LogP contribution in [0.15, 0.2) is 30.9 Å². The van der Waals surface area contributed by atoms with Crippen LogP contribution in [0.25, 0.3) is 0 Å². The zero-order valence-corrected chi connectivity index (χ0v) is 19.1.